The highest BCUT2D eigenvalue weighted by Gasteiger charge is 2.17. The first-order valence-corrected chi connectivity index (χ1v) is 7.38. The summed E-state index contributed by atoms with van der Waals surface area (Å²) in [6.45, 7) is 3.05. The van der Waals surface area contributed by atoms with Crippen LogP contribution in [-0.4, -0.2) is 11.5 Å². The first kappa shape index (κ1) is 12.3. The maximum atomic E-state index is 4.47. The second-order valence-corrected chi connectivity index (χ2v) is 5.36. The molecule has 1 aromatic heterocycles. The number of nitrogens with one attached hydrogen (secondary N) is 1. The summed E-state index contributed by atoms with van der Waals surface area (Å²) in [6.07, 6.45) is 1.87. The molecule has 3 aromatic rings. The molecule has 0 fully saturated rings. The van der Waals surface area contributed by atoms with E-state index in [-0.39, 0.29) is 6.04 Å². The van der Waals surface area contributed by atoms with Crippen LogP contribution in [0.2, 0.25) is 0 Å². The summed E-state index contributed by atoms with van der Waals surface area (Å²) in [6, 6.07) is 15.2. The molecule has 19 heavy (non-hydrogen) atoms. The van der Waals surface area contributed by atoms with Crippen molar-refractivity contribution in [3.8, 4) is 0 Å². The highest BCUT2D eigenvalue weighted by molar-refractivity contribution is 7.09. The molecule has 0 saturated heterocycles. The zero-order chi connectivity index (χ0) is 13.1. The van der Waals surface area contributed by atoms with Crippen molar-refractivity contribution in [2.75, 3.05) is 6.54 Å². The minimum Gasteiger partial charge on any atom is -0.305 e. The predicted molar refractivity (Wildman–Crippen MR) is 81.6 cm³/mol. The van der Waals surface area contributed by atoms with Crippen molar-refractivity contribution in [1.29, 1.82) is 0 Å². The minimum atomic E-state index is 0.177. The lowest BCUT2D eigenvalue weighted by molar-refractivity contribution is 0.631. The van der Waals surface area contributed by atoms with Crippen LogP contribution in [0.15, 0.2) is 54.0 Å². The Hall–Kier alpha value is -1.71. The van der Waals surface area contributed by atoms with Crippen LogP contribution in [0.3, 0.4) is 0 Å². The standard InChI is InChI=1S/C16H16N2S/c1-2-17-15(16-18-10-11-19-16)14-9-5-7-12-6-3-4-8-13(12)14/h3-11,15,17H,2H2,1H3. The molecule has 1 unspecified atom stereocenters. The van der Waals surface area contributed by atoms with E-state index in [4.69, 9.17) is 0 Å². The topological polar surface area (TPSA) is 24.9 Å². The van der Waals surface area contributed by atoms with Crippen LogP contribution < -0.4 is 5.32 Å². The van der Waals surface area contributed by atoms with Gasteiger partial charge < -0.3 is 5.32 Å². The fraction of sp³-hybridized carbons (Fsp3) is 0.188. The second kappa shape index (κ2) is 5.51. The molecule has 2 aromatic carbocycles. The fourth-order valence-electron chi connectivity index (χ4n) is 2.41. The number of hydrogen-bond donors (Lipinski definition) is 1. The summed E-state index contributed by atoms with van der Waals surface area (Å²) in [4.78, 5) is 4.47. The molecule has 1 N–H and O–H groups in total. The number of rotatable bonds is 4. The van der Waals surface area contributed by atoms with Gasteiger partial charge in [-0.2, -0.15) is 0 Å². The van der Waals surface area contributed by atoms with Crippen molar-refractivity contribution in [3.05, 3.63) is 64.6 Å². The lowest BCUT2D eigenvalue weighted by Gasteiger charge is -2.18. The Balaban J connectivity index is 2.15. The molecule has 3 heteroatoms. The molecule has 1 atom stereocenters. The summed E-state index contributed by atoms with van der Waals surface area (Å²) in [5.74, 6) is 0. The third-order valence-electron chi connectivity index (χ3n) is 3.24. The largest absolute Gasteiger partial charge is 0.305 e. The summed E-state index contributed by atoms with van der Waals surface area (Å²) in [7, 11) is 0. The summed E-state index contributed by atoms with van der Waals surface area (Å²) >= 11 is 1.70. The van der Waals surface area contributed by atoms with Crippen molar-refractivity contribution in [2.45, 2.75) is 13.0 Å². The number of nitrogens with zero attached hydrogens (tertiary/aromatic N) is 1. The van der Waals surface area contributed by atoms with Crippen LogP contribution in [0.25, 0.3) is 10.8 Å². The molecule has 0 spiro atoms. The smallest absolute Gasteiger partial charge is 0.114 e. The second-order valence-electron chi connectivity index (χ2n) is 4.43. The Morgan fingerprint density at radius 1 is 1.16 bits per heavy atom. The molecule has 0 amide bonds. The van der Waals surface area contributed by atoms with Gasteiger partial charge in [0.05, 0.1) is 6.04 Å². The zero-order valence-corrected chi connectivity index (χ0v) is 11.7. The maximum absolute atomic E-state index is 4.47. The monoisotopic (exact) mass is 268 g/mol. The van der Waals surface area contributed by atoms with Crippen molar-refractivity contribution >= 4 is 22.1 Å². The molecular weight excluding hydrogens is 252 g/mol. The van der Waals surface area contributed by atoms with E-state index in [1.54, 1.807) is 11.3 Å². The third-order valence-corrected chi connectivity index (χ3v) is 4.08. The Morgan fingerprint density at radius 3 is 2.79 bits per heavy atom. The molecule has 0 saturated carbocycles. The molecule has 0 bridgehead atoms. The van der Waals surface area contributed by atoms with E-state index in [1.165, 1.54) is 16.3 Å². The van der Waals surface area contributed by atoms with Crippen molar-refractivity contribution in [3.63, 3.8) is 0 Å². The molecular formula is C16H16N2S. The van der Waals surface area contributed by atoms with Gasteiger partial charge in [-0.25, -0.2) is 4.98 Å². The number of benzene rings is 2. The van der Waals surface area contributed by atoms with Crippen molar-refractivity contribution in [1.82, 2.24) is 10.3 Å². The number of aromatic nitrogens is 1. The third kappa shape index (κ3) is 2.39. The van der Waals surface area contributed by atoms with Gasteiger partial charge in [-0.3, -0.25) is 0 Å². The van der Waals surface area contributed by atoms with Crippen LogP contribution in [0.4, 0.5) is 0 Å². The quantitative estimate of drug-likeness (QED) is 0.773. The molecule has 0 aliphatic rings. The van der Waals surface area contributed by atoms with Crippen molar-refractivity contribution < 1.29 is 0 Å². The van der Waals surface area contributed by atoms with Gasteiger partial charge in [-0.05, 0) is 22.9 Å². The fourth-order valence-corrected chi connectivity index (χ4v) is 3.14. The van der Waals surface area contributed by atoms with Crippen LogP contribution in [0.1, 0.15) is 23.5 Å². The molecule has 0 radical (unpaired) electrons. The maximum Gasteiger partial charge on any atom is 0.114 e. The average molecular weight is 268 g/mol. The zero-order valence-electron chi connectivity index (χ0n) is 10.8. The van der Waals surface area contributed by atoms with E-state index < -0.39 is 0 Å². The Kier molecular flexibility index (Phi) is 3.58. The highest BCUT2D eigenvalue weighted by Crippen LogP contribution is 2.29. The summed E-state index contributed by atoms with van der Waals surface area (Å²) in [5.41, 5.74) is 1.30. The van der Waals surface area contributed by atoms with E-state index in [0.29, 0.717) is 0 Å². The predicted octanol–water partition coefficient (Wildman–Crippen LogP) is 4.00. The van der Waals surface area contributed by atoms with Gasteiger partial charge in [-0.15, -0.1) is 11.3 Å². The van der Waals surface area contributed by atoms with E-state index in [1.807, 2.05) is 11.6 Å². The van der Waals surface area contributed by atoms with Crippen LogP contribution >= 0.6 is 11.3 Å². The van der Waals surface area contributed by atoms with Gasteiger partial charge in [0.1, 0.15) is 5.01 Å². The van der Waals surface area contributed by atoms with Gasteiger partial charge in [0.15, 0.2) is 0 Å². The molecule has 3 rings (SSSR count). The van der Waals surface area contributed by atoms with Crippen LogP contribution in [0.5, 0.6) is 0 Å². The van der Waals surface area contributed by atoms with E-state index >= 15 is 0 Å². The SMILES string of the molecule is CCNC(c1nccs1)c1cccc2ccccc12. The van der Waals surface area contributed by atoms with E-state index in [9.17, 15) is 0 Å². The molecule has 1 heterocycles. The van der Waals surface area contributed by atoms with Gasteiger partial charge in [0.25, 0.3) is 0 Å². The molecule has 0 aliphatic carbocycles. The molecule has 2 nitrogen and oxygen atoms in total. The molecule has 96 valence electrons. The van der Waals surface area contributed by atoms with Gasteiger partial charge in [-0.1, -0.05) is 49.4 Å². The number of hydrogen-bond acceptors (Lipinski definition) is 3. The van der Waals surface area contributed by atoms with Crippen LogP contribution in [-0.2, 0) is 0 Å². The van der Waals surface area contributed by atoms with E-state index in [0.717, 1.165) is 11.6 Å². The van der Waals surface area contributed by atoms with Gasteiger partial charge in [0.2, 0.25) is 0 Å². The van der Waals surface area contributed by atoms with Crippen molar-refractivity contribution in [2.24, 2.45) is 0 Å². The number of thiazole rings is 1. The Bertz CT molecular complexity index is 656. The lowest BCUT2D eigenvalue weighted by Crippen LogP contribution is -2.22. The summed E-state index contributed by atoms with van der Waals surface area (Å²) < 4.78 is 0. The summed E-state index contributed by atoms with van der Waals surface area (Å²) in [5, 5.41) is 9.27. The van der Waals surface area contributed by atoms with E-state index in [2.05, 4.69) is 59.7 Å². The highest BCUT2D eigenvalue weighted by atomic mass is 32.1. The van der Waals surface area contributed by atoms with Crippen LogP contribution in [0, 0.1) is 0 Å². The first-order chi connectivity index (χ1) is 9.40. The molecule has 0 aliphatic heterocycles. The minimum absolute atomic E-state index is 0.177. The van der Waals surface area contributed by atoms with Gasteiger partial charge in [0, 0.05) is 11.6 Å². The Morgan fingerprint density at radius 2 is 2.00 bits per heavy atom. The normalized spacial score (nSPS) is 12.7. The Labute approximate surface area is 117 Å². The number of fused-ring (bicyclic) bond motifs is 1. The van der Waals surface area contributed by atoms with Gasteiger partial charge >= 0.3 is 0 Å². The average Bonchev–Trinajstić information content (AvgIpc) is 2.98. The first-order valence-electron chi connectivity index (χ1n) is 6.50. The lowest BCUT2D eigenvalue weighted by atomic mass is 9.99.